The highest BCUT2D eigenvalue weighted by Crippen LogP contribution is 2.07. The number of nitrogens with one attached hydrogen (secondary N) is 1. The summed E-state index contributed by atoms with van der Waals surface area (Å²) in [5, 5.41) is 2.92. The van der Waals surface area contributed by atoms with Gasteiger partial charge in [-0.1, -0.05) is 0 Å². The summed E-state index contributed by atoms with van der Waals surface area (Å²) in [6.45, 7) is -1.27. The zero-order valence-electron chi connectivity index (χ0n) is 4.94. The lowest BCUT2D eigenvalue weighted by atomic mass is 10.3. The Morgan fingerprint density at radius 3 is 2.78 bits per heavy atom. The Hall–Kier alpha value is -0.220. The van der Waals surface area contributed by atoms with Gasteiger partial charge in [0.2, 0.25) is 0 Å². The van der Waals surface area contributed by atoms with E-state index in [4.69, 9.17) is 0 Å². The number of hydrogen-bond acceptors (Lipinski definition) is 2. The van der Waals surface area contributed by atoms with Crippen LogP contribution >= 0.6 is 0 Å². The molecule has 1 fully saturated rings. The van der Waals surface area contributed by atoms with E-state index in [0.29, 0.717) is 13.0 Å². The molecule has 1 aliphatic rings. The van der Waals surface area contributed by atoms with Gasteiger partial charge in [-0.05, 0) is 13.0 Å². The molecular formula is C5H9F2NO. The molecule has 0 aliphatic carbocycles. The van der Waals surface area contributed by atoms with Crippen molar-refractivity contribution in [1.82, 2.24) is 5.32 Å². The van der Waals surface area contributed by atoms with Crippen LogP contribution in [-0.4, -0.2) is 25.8 Å². The van der Waals surface area contributed by atoms with Gasteiger partial charge < -0.3 is 10.1 Å². The van der Waals surface area contributed by atoms with Gasteiger partial charge in [0.1, 0.15) is 0 Å². The minimum Gasteiger partial charge on any atom is -0.318 e. The minimum absolute atomic E-state index is 0.273. The zero-order chi connectivity index (χ0) is 6.69. The average Bonchev–Trinajstić information content (AvgIpc) is 2.15. The normalized spacial score (nSPS) is 27.7. The lowest BCUT2D eigenvalue weighted by Gasteiger charge is -2.07. The number of ether oxygens (including phenoxy) is 1. The van der Waals surface area contributed by atoms with Gasteiger partial charge in [0.05, 0.1) is 6.10 Å². The summed E-state index contributed by atoms with van der Waals surface area (Å²) >= 11 is 0. The van der Waals surface area contributed by atoms with Crippen molar-refractivity contribution >= 4 is 0 Å². The van der Waals surface area contributed by atoms with E-state index in [1.54, 1.807) is 0 Å². The second-order valence-corrected chi connectivity index (χ2v) is 2.01. The maximum Gasteiger partial charge on any atom is 0.345 e. The van der Waals surface area contributed by atoms with Crippen molar-refractivity contribution in [2.24, 2.45) is 0 Å². The summed E-state index contributed by atoms with van der Waals surface area (Å²) in [5.41, 5.74) is 0. The molecule has 1 saturated heterocycles. The Kier molecular flexibility index (Phi) is 2.36. The smallest absolute Gasteiger partial charge is 0.318 e. The third kappa shape index (κ3) is 2.24. The fourth-order valence-electron chi connectivity index (χ4n) is 0.890. The highest BCUT2D eigenvalue weighted by atomic mass is 19.3. The van der Waals surface area contributed by atoms with E-state index >= 15 is 0 Å². The predicted molar refractivity (Wildman–Crippen MR) is 28.4 cm³/mol. The minimum atomic E-state index is -2.62. The van der Waals surface area contributed by atoms with E-state index < -0.39 is 6.61 Å². The quantitative estimate of drug-likeness (QED) is 0.601. The van der Waals surface area contributed by atoms with Crippen molar-refractivity contribution in [3.63, 3.8) is 0 Å². The Labute approximate surface area is 52.2 Å². The van der Waals surface area contributed by atoms with Gasteiger partial charge in [-0.25, -0.2) is 0 Å². The van der Waals surface area contributed by atoms with Crippen molar-refractivity contribution in [2.45, 2.75) is 19.1 Å². The second kappa shape index (κ2) is 3.08. The van der Waals surface area contributed by atoms with Gasteiger partial charge >= 0.3 is 6.61 Å². The fraction of sp³-hybridized carbons (Fsp3) is 1.00. The first-order valence-corrected chi connectivity index (χ1v) is 2.93. The summed E-state index contributed by atoms with van der Waals surface area (Å²) in [4.78, 5) is 0. The molecule has 1 aliphatic heterocycles. The molecule has 0 amide bonds. The lowest BCUT2D eigenvalue weighted by Crippen LogP contribution is -2.19. The van der Waals surface area contributed by atoms with Gasteiger partial charge in [0.15, 0.2) is 0 Å². The third-order valence-electron chi connectivity index (χ3n) is 1.31. The standard InChI is InChI=1S/C5H9F2NO/c6-5(7)9-4-1-2-8-3-4/h4-5,8H,1-3H2/t4-/m1/s1. The topological polar surface area (TPSA) is 21.3 Å². The molecule has 54 valence electrons. The molecule has 1 N–H and O–H groups in total. The van der Waals surface area contributed by atoms with Crippen LogP contribution in [0.15, 0.2) is 0 Å². The van der Waals surface area contributed by atoms with E-state index in [9.17, 15) is 8.78 Å². The van der Waals surface area contributed by atoms with Crippen molar-refractivity contribution in [3.8, 4) is 0 Å². The highest BCUT2D eigenvalue weighted by molar-refractivity contribution is 4.70. The van der Waals surface area contributed by atoms with Gasteiger partial charge in [-0.3, -0.25) is 0 Å². The van der Waals surface area contributed by atoms with E-state index in [0.717, 1.165) is 6.54 Å². The maximum absolute atomic E-state index is 11.4. The summed E-state index contributed by atoms with van der Waals surface area (Å²) < 4.78 is 27.1. The lowest BCUT2D eigenvalue weighted by molar-refractivity contribution is -0.156. The number of halogens is 2. The monoisotopic (exact) mass is 137 g/mol. The van der Waals surface area contributed by atoms with Crippen molar-refractivity contribution in [2.75, 3.05) is 13.1 Å². The number of rotatable bonds is 2. The molecule has 0 aromatic rings. The second-order valence-electron chi connectivity index (χ2n) is 2.01. The van der Waals surface area contributed by atoms with Crippen LogP contribution in [0.25, 0.3) is 0 Å². The van der Waals surface area contributed by atoms with Crippen LogP contribution in [-0.2, 0) is 4.74 Å². The summed E-state index contributed by atoms with van der Waals surface area (Å²) in [6.07, 6.45) is 0.426. The summed E-state index contributed by atoms with van der Waals surface area (Å²) in [7, 11) is 0. The van der Waals surface area contributed by atoms with Gasteiger partial charge in [-0.15, -0.1) is 0 Å². The maximum atomic E-state index is 11.4. The van der Waals surface area contributed by atoms with Crippen molar-refractivity contribution in [3.05, 3.63) is 0 Å². The van der Waals surface area contributed by atoms with Gasteiger partial charge in [0, 0.05) is 6.54 Å². The molecule has 9 heavy (non-hydrogen) atoms. The van der Waals surface area contributed by atoms with Crippen LogP contribution in [0, 0.1) is 0 Å². The van der Waals surface area contributed by atoms with Crippen LogP contribution in [0.3, 0.4) is 0 Å². The molecule has 0 radical (unpaired) electrons. The van der Waals surface area contributed by atoms with Crippen molar-refractivity contribution in [1.29, 1.82) is 0 Å². The molecule has 0 bridgehead atoms. The molecule has 1 heterocycles. The molecule has 2 nitrogen and oxygen atoms in total. The SMILES string of the molecule is FC(F)O[C@@H]1CCNC1. The van der Waals surface area contributed by atoms with E-state index in [2.05, 4.69) is 10.1 Å². The van der Waals surface area contributed by atoms with Crippen molar-refractivity contribution < 1.29 is 13.5 Å². The van der Waals surface area contributed by atoms with Crippen LogP contribution in [0.1, 0.15) is 6.42 Å². The Morgan fingerprint density at radius 2 is 2.33 bits per heavy atom. The average molecular weight is 137 g/mol. The van der Waals surface area contributed by atoms with Crippen LogP contribution in [0.2, 0.25) is 0 Å². The number of hydrogen-bond donors (Lipinski definition) is 1. The highest BCUT2D eigenvalue weighted by Gasteiger charge is 2.18. The Balaban J connectivity index is 2.11. The number of alkyl halides is 2. The third-order valence-corrected chi connectivity index (χ3v) is 1.31. The summed E-state index contributed by atoms with van der Waals surface area (Å²) in [6, 6.07) is 0. The Bertz CT molecular complexity index is 83.0. The molecule has 1 rings (SSSR count). The largest absolute Gasteiger partial charge is 0.345 e. The van der Waals surface area contributed by atoms with Gasteiger partial charge in [-0.2, -0.15) is 8.78 Å². The summed E-state index contributed by atoms with van der Waals surface area (Å²) in [5.74, 6) is 0. The molecule has 4 heteroatoms. The van der Waals surface area contributed by atoms with E-state index in [1.165, 1.54) is 0 Å². The van der Waals surface area contributed by atoms with Crippen LogP contribution < -0.4 is 5.32 Å². The molecule has 0 unspecified atom stereocenters. The molecule has 0 spiro atoms. The molecule has 0 saturated carbocycles. The first-order chi connectivity index (χ1) is 4.29. The fourth-order valence-corrected chi connectivity index (χ4v) is 0.890. The Morgan fingerprint density at radius 1 is 1.56 bits per heavy atom. The molecule has 0 aromatic carbocycles. The molecule has 1 atom stereocenters. The predicted octanol–water partition coefficient (Wildman–Crippen LogP) is 0.587. The van der Waals surface area contributed by atoms with E-state index in [-0.39, 0.29) is 6.10 Å². The van der Waals surface area contributed by atoms with Crippen LogP contribution in [0.5, 0.6) is 0 Å². The first kappa shape index (κ1) is 6.89. The van der Waals surface area contributed by atoms with Crippen LogP contribution in [0.4, 0.5) is 8.78 Å². The molecule has 0 aromatic heterocycles. The molecular weight excluding hydrogens is 128 g/mol. The first-order valence-electron chi connectivity index (χ1n) is 2.93. The van der Waals surface area contributed by atoms with E-state index in [1.807, 2.05) is 0 Å². The van der Waals surface area contributed by atoms with Gasteiger partial charge in [0.25, 0.3) is 0 Å². The zero-order valence-corrected chi connectivity index (χ0v) is 4.94.